The first-order valence-corrected chi connectivity index (χ1v) is 12.1. The number of ether oxygens (including phenoxy) is 2. The molecule has 0 bridgehead atoms. The molecule has 1 aliphatic rings. The van der Waals surface area contributed by atoms with Gasteiger partial charge in [0.15, 0.2) is 0 Å². The average Bonchev–Trinajstić information content (AvgIpc) is 2.82. The van der Waals surface area contributed by atoms with Crippen LogP contribution in [0, 0.1) is 13.8 Å². The molecule has 0 unspecified atom stereocenters. The van der Waals surface area contributed by atoms with E-state index in [1.807, 2.05) is 44.2 Å². The molecular weight excluding hydrogens is 448 g/mol. The van der Waals surface area contributed by atoms with E-state index in [0.717, 1.165) is 46.7 Å². The number of fused-ring (bicyclic) bond motifs is 2. The van der Waals surface area contributed by atoms with Gasteiger partial charge >= 0.3 is 5.97 Å². The van der Waals surface area contributed by atoms with Crippen LogP contribution in [0.4, 0.5) is 11.4 Å². The van der Waals surface area contributed by atoms with Gasteiger partial charge in [-0.1, -0.05) is 18.2 Å². The Balaban J connectivity index is 2.04. The molecule has 1 heterocycles. The van der Waals surface area contributed by atoms with Crippen LogP contribution in [-0.2, 0) is 9.61 Å². The zero-order valence-corrected chi connectivity index (χ0v) is 21.1. The van der Waals surface area contributed by atoms with Gasteiger partial charge in [0.25, 0.3) is 0 Å². The minimum Gasteiger partial charge on any atom is -0.462 e. The lowest BCUT2D eigenvalue weighted by molar-refractivity contribution is 0.0524. The Kier molecular flexibility index (Phi) is 6.76. The monoisotopic (exact) mass is 478 g/mol. The second-order valence-electron chi connectivity index (χ2n) is 8.41. The van der Waals surface area contributed by atoms with E-state index < -0.39 is 10.8 Å². The summed E-state index contributed by atoms with van der Waals surface area (Å²) in [5.41, 5.74) is 6.79. The second-order valence-corrected chi connectivity index (χ2v) is 8.98. The van der Waals surface area contributed by atoms with Crippen LogP contribution >= 0.6 is 11.6 Å². The summed E-state index contributed by atoms with van der Waals surface area (Å²) in [4.78, 5) is 11.8. The van der Waals surface area contributed by atoms with Crippen molar-refractivity contribution in [3.8, 4) is 11.5 Å². The van der Waals surface area contributed by atoms with Gasteiger partial charge in [-0.3, -0.25) is 0 Å². The summed E-state index contributed by atoms with van der Waals surface area (Å²) in [5, 5.41) is 6.79. The number of carbonyl (C=O) groups is 1. The summed E-state index contributed by atoms with van der Waals surface area (Å²) in [6.07, 6.45) is 0. The molecule has 6 heteroatoms. The minimum absolute atomic E-state index is 0.287. The molecule has 1 aliphatic heterocycles. The molecule has 4 rings (SSSR count). The Morgan fingerprint density at radius 1 is 0.882 bits per heavy atom. The van der Waals surface area contributed by atoms with Crippen molar-refractivity contribution in [1.29, 1.82) is 0 Å². The number of carbonyl (C=O) groups excluding carboxylic acids is 1. The third-order valence-corrected chi connectivity index (χ3v) is 6.75. The number of benzene rings is 3. The molecule has 0 aromatic heterocycles. The first kappa shape index (κ1) is 24.0. The summed E-state index contributed by atoms with van der Waals surface area (Å²) in [6.45, 7) is 11.9. The Morgan fingerprint density at radius 3 is 1.91 bits per heavy atom. The fourth-order valence-corrected chi connectivity index (χ4v) is 5.03. The quantitative estimate of drug-likeness (QED) is 0.283. The first-order chi connectivity index (χ1) is 16.3. The molecule has 34 heavy (non-hydrogen) atoms. The van der Waals surface area contributed by atoms with E-state index in [2.05, 4.69) is 36.6 Å². The van der Waals surface area contributed by atoms with E-state index in [9.17, 15) is 4.79 Å². The highest BCUT2D eigenvalue weighted by molar-refractivity contribution is 6.29. The largest absolute Gasteiger partial charge is 0.462 e. The van der Waals surface area contributed by atoms with Gasteiger partial charge in [-0.15, -0.1) is 11.6 Å². The van der Waals surface area contributed by atoms with Crippen molar-refractivity contribution in [2.45, 2.75) is 39.5 Å². The van der Waals surface area contributed by atoms with Crippen LogP contribution in [0.3, 0.4) is 0 Å². The van der Waals surface area contributed by atoms with Gasteiger partial charge in [0.1, 0.15) is 16.4 Å². The fraction of sp³-hybridized carbons (Fsp3) is 0.321. The number of hydrogen-bond acceptors (Lipinski definition) is 5. The summed E-state index contributed by atoms with van der Waals surface area (Å²) in [5.74, 6) is 0.928. The number of alkyl halides is 1. The zero-order chi connectivity index (χ0) is 24.5. The zero-order valence-electron chi connectivity index (χ0n) is 20.3. The molecule has 0 aliphatic carbocycles. The van der Waals surface area contributed by atoms with E-state index in [0.29, 0.717) is 22.6 Å². The molecule has 0 saturated heterocycles. The van der Waals surface area contributed by atoms with Crippen LogP contribution in [-0.4, -0.2) is 25.7 Å². The molecule has 178 valence electrons. The minimum atomic E-state index is -1.14. The van der Waals surface area contributed by atoms with Crippen LogP contribution in [0.15, 0.2) is 48.5 Å². The first-order valence-electron chi connectivity index (χ1n) is 11.8. The van der Waals surface area contributed by atoms with Crippen molar-refractivity contribution in [3.05, 3.63) is 81.9 Å². The van der Waals surface area contributed by atoms with E-state index in [4.69, 9.17) is 21.1 Å². The highest BCUT2D eigenvalue weighted by Crippen LogP contribution is 2.56. The normalized spacial score (nSPS) is 13.4. The summed E-state index contributed by atoms with van der Waals surface area (Å²) >= 11 is 7.69. The maximum atomic E-state index is 13.0. The Morgan fingerprint density at radius 2 is 1.41 bits per heavy atom. The smallest absolute Gasteiger partial charge is 0.338 e. The summed E-state index contributed by atoms with van der Waals surface area (Å²) in [6, 6.07) is 15.5. The molecule has 3 aromatic rings. The highest BCUT2D eigenvalue weighted by Gasteiger charge is 2.45. The molecule has 0 spiro atoms. The molecule has 0 saturated carbocycles. The fourth-order valence-electron chi connectivity index (χ4n) is 4.57. The maximum Gasteiger partial charge on any atom is 0.338 e. The number of hydrogen-bond donors (Lipinski definition) is 2. The third-order valence-electron chi connectivity index (χ3n) is 6.14. The van der Waals surface area contributed by atoms with Gasteiger partial charge in [0.05, 0.1) is 12.2 Å². The molecule has 0 fully saturated rings. The number of rotatable bonds is 7. The molecule has 0 atom stereocenters. The molecule has 3 aromatic carbocycles. The van der Waals surface area contributed by atoms with Gasteiger partial charge in [0.2, 0.25) is 0 Å². The van der Waals surface area contributed by atoms with Crippen molar-refractivity contribution in [2.75, 3.05) is 30.3 Å². The topological polar surface area (TPSA) is 59.6 Å². The maximum absolute atomic E-state index is 13.0. The van der Waals surface area contributed by atoms with E-state index in [1.54, 1.807) is 13.0 Å². The van der Waals surface area contributed by atoms with Gasteiger partial charge < -0.3 is 20.1 Å². The van der Waals surface area contributed by atoms with E-state index in [1.165, 1.54) is 0 Å². The number of nitrogens with one attached hydrogen (secondary N) is 2. The molecule has 0 amide bonds. The lowest BCUT2D eigenvalue weighted by Gasteiger charge is -2.38. The molecule has 2 N–H and O–H groups in total. The van der Waals surface area contributed by atoms with Crippen molar-refractivity contribution < 1.29 is 14.3 Å². The standard InChI is InChI=1S/C28H31ClN2O3/c1-6-30-23-15-25-21(13-17(23)4)28(29,20-12-10-9-11-19(20)27(32)33-8-3)22-14-18(5)24(31-7-2)16-26(22)34-25/h9-16,30-31H,6-8H2,1-5H3. The Labute approximate surface area is 206 Å². The van der Waals surface area contributed by atoms with Gasteiger partial charge in [0, 0.05) is 47.7 Å². The lowest BCUT2D eigenvalue weighted by Crippen LogP contribution is -2.30. The van der Waals surface area contributed by atoms with Gasteiger partial charge in [-0.05, 0) is 69.5 Å². The van der Waals surface area contributed by atoms with Crippen LogP contribution < -0.4 is 15.4 Å². The summed E-state index contributed by atoms with van der Waals surface area (Å²) in [7, 11) is 0. The van der Waals surface area contributed by atoms with Crippen molar-refractivity contribution in [1.82, 2.24) is 0 Å². The number of halogens is 1. The second kappa shape index (κ2) is 9.59. The SMILES string of the molecule is CCNc1cc2c(cc1C)C(Cl)(c1ccccc1C(=O)OCC)c1cc(C)c(NCC)cc1O2. The van der Waals surface area contributed by atoms with Crippen molar-refractivity contribution in [2.24, 2.45) is 0 Å². The number of anilines is 2. The van der Waals surface area contributed by atoms with E-state index >= 15 is 0 Å². The van der Waals surface area contributed by atoms with Crippen LogP contribution in [0.1, 0.15) is 58.9 Å². The van der Waals surface area contributed by atoms with Crippen LogP contribution in [0.2, 0.25) is 0 Å². The van der Waals surface area contributed by atoms with E-state index in [-0.39, 0.29) is 6.61 Å². The van der Waals surface area contributed by atoms with Gasteiger partial charge in [-0.2, -0.15) is 0 Å². The lowest BCUT2D eigenvalue weighted by atomic mass is 9.78. The molecule has 5 nitrogen and oxygen atoms in total. The van der Waals surface area contributed by atoms with Crippen molar-refractivity contribution in [3.63, 3.8) is 0 Å². The number of esters is 1. The molecule has 0 radical (unpaired) electrons. The van der Waals surface area contributed by atoms with Crippen LogP contribution in [0.5, 0.6) is 11.5 Å². The van der Waals surface area contributed by atoms with Crippen LogP contribution in [0.25, 0.3) is 0 Å². The number of aryl methyl sites for hydroxylation is 2. The Bertz CT molecular complexity index is 1180. The predicted molar refractivity (Wildman–Crippen MR) is 139 cm³/mol. The highest BCUT2D eigenvalue weighted by atomic mass is 35.5. The Hall–Kier alpha value is -3.18. The average molecular weight is 479 g/mol. The van der Waals surface area contributed by atoms with Crippen molar-refractivity contribution >= 4 is 28.9 Å². The third kappa shape index (κ3) is 3.98. The predicted octanol–water partition coefficient (Wildman–Crippen LogP) is 6.98. The summed E-state index contributed by atoms with van der Waals surface area (Å²) < 4.78 is 11.8. The molecular formula is C28H31ClN2O3. The van der Waals surface area contributed by atoms with Gasteiger partial charge in [-0.25, -0.2) is 4.79 Å².